The highest BCUT2D eigenvalue weighted by atomic mass is 32.1. The van der Waals surface area contributed by atoms with E-state index in [-0.39, 0.29) is 17.9 Å². The molecule has 0 saturated carbocycles. The molecule has 6 heteroatoms. The Morgan fingerprint density at radius 1 is 1.45 bits per heavy atom. The number of thiophene rings is 1. The second-order valence-electron chi connectivity index (χ2n) is 5.29. The topological polar surface area (TPSA) is 61.4 Å². The first-order valence-electron chi connectivity index (χ1n) is 7.09. The summed E-state index contributed by atoms with van der Waals surface area (Å²) >= 11 is 1.53. The van der Waals surface area contributed by atoms with E-state index < -0.39 is 6.04 Å². The number of piperazine rings is 1. The van der Waals surface area contributed by atoms with E-state index in [0.29, 0.717) is 19.5 Å². The molecule has 0 aliphatic carbocycles. The second-order valence-corrected chi connectivity index (χ2v) is 6.27. The molecule has 2 unspecified atom stereocenters. The number of nitrogens with zero attached hydrogens (tertiary/aromatic N) is 1. The Morgan fingerprint density at radius 2 is 2.35 bits per heavy atom. The number of nitrogens with one attached hydrogen (secondary N) is 2. The number of hydrogen-bond donors (Lipinski definition) is 2. The van der Waals surface area contributed by atoms with Crippen molar-refractivity contribution in [2.75, 3.05) is 19.6 Å². The van der Waals surface area contributed by atoms with E-state index in [1.807, 2.05) is 17.5 Å². The Labute approximate surface area is 122 Å². The van der Waals surface area contributed by atoms with Gasteiger partial charge in [0.05, 0.1) is 0 Å². The summed E-state index contributed by atoms with van der Waals surface area (Å²) in [6.45, 7) is 2.14. The van der Waals surface area contributed by atoms with Crippen molar-refractivity contribution in [1.29, 1.82) is 0 Å². The minimum absolute atomic E-state index is 0.0635. The van der Waals surface area contributed by atoms with Crippen LogP contribution in [0.15, 0.2) is 17.5 Å². The van der Waals surface area contributed by atoms with Crippen LogP contribution in [0.2, 0.25) is 0 Å². The lowest BCUT2D eigenvalue weighted by Gasteiger charge is -2.35. The molecule has 0 aromatic carbocycles. The van der Waals surface area contributed by atoms with Crippen molar-refractivity contribution in [3.05, 3.63) is 22.4 Å². The van der Waals surface area contributed by atoms with Crippen molar-refractivity contribution >= 4 is 23.2 Å². The van der Waals surface area contributed by atoms with Crippen LogP contribution in [0.1, 0.15) is 30.2 Å². The molecule has 2 saturated heterocycles. The van der Waals surface area contributed by atoms with Gasteiger partial charge in [0.1, 0.15) is 6.04 Å². The minimum Gasteiger partial charge on any atom is -0.352 e. The first-order chi connectivity index (χ1) is 9.75. The van der Waals surface area contributed by atoms with Gasteiger partial charge in [-0.05, 0) is 30.8 Å². The van der Waals surface area contributed by atoms with E-state index in [0.717, 1.165) is 24.3 Å². The van der Waals surface area contributed by atoms with Crippen LogP contribution in [-0.2, 0) is 9.59 Å². The molecule has 2 amide bonds. The molecule has 2 aliphatic heterocycles. The summed E-state index contributed by atoms with van der Waals surface area (Å²) in [5.74, 6) is 0.0177. The van der Waals surface area contributed by atoms with Crippen molar-refractivity contribution in [3.63, 3.8) is 0 Å². The van der Waals surface area contributed by atoms with E-state index in [1.165, 1.54) is 11.3 Å². The van der Waals surface area contributed by atoms with Crippen LogP contribution >= 0.6 is 11.3 Å². The molecular formula is C14H19N3O2S. The summed E-state index contributed by atoms with van der Waals surface area (Å²) < 4.78 is 0. The fourth-order valence-electron chi connectivity index (χ4n) is 2.92. The van der Waals surface area contributed by atoms with E-state index in [1.54, 1.807) is 4.90 Å². The summed E-state index contributed by atoms with van der Waals surface area (Å²) in [7, 11) is 0. The summed E-state index contributed by atoms with van der Waals surface area (Å²) in [6, 6.07) is 3.67. The van der Waals surface area contributed by atoms with Gasteiger partial charge in [-0.1, -0.05) is 6.07 Å². The predicted octanol–water partition coefficient (Wildman–Crippen LogP) is 0.890. The number of rotatable bonds is 3. The maximum atomic E-state index is 12.5. The largest absolute Gasteiger partial charge is 0.352 e. The van der Waals surface area contributed by atoms with Gasteiger partial charge in [-0.15, -0.1) is 11.3 Å². The lowest BCUT2D eigenvalue weighted by Crippen LogP contribution is -2.52. The molecule has 3 heterocycles. The van der Waals surface area contributed by atoms with E-state index in [4.69, 9.17) is 0 Å². The predicted molar refractivity (Wildman–Crippen MR) is 77.4 cm³/mol. The molecular weight excluding hydrogens is 274 g/mol. The van der Waals surface area contributed by atoms with Crippen molar-refractivity contribution < 1.29 is 9.59 Å². The maximum absolute atomic E-state index is 12.5. The first kappa shape index (κ1) is 13.6. The van der Waals surface area contributed by atoms with E-state index in [9.17, 15) is 9.59 Å². The highest BCUT2D eigenvalue weighted by Gasteiger charge is 2.35. The third-order valence-electron chi connectivity index (χ3n) is 3.93. The highest BCUT2D eigenvalue weighted by Crippen LogP contribution is 2.28. The van der Waals surface area contributed by atoms with Gasteiger partial charge in [0.2, 0.25) is 11.8 Å². The number of carbonyl (C=O) groups is 2. The van der Waals surface area contributed by atoms with E-state index in [2.05, 4.69) is 10.6 Å². The van der Waals surface area contributed by atoms with Crippen LogP contribution in [-0.4, -0.2) is 42.4 Å². The van der Waals surface area contributed by atoms with Crippen molar-refractivity contribution in [2.24, 2.45) is 0 Å². The molecule has 5 nitrogen and oxygen atoms in total. The molecule has 1 aromatic heterocycles. The average Bonchev–Trinajstić information content (AvgIpc) is 3.10. The quantitative estimate of drug-likeness (QED) is 0.870. The summed E-state index contributed by atoms with van der Waals surface area (Å²) in [4.78, 5) is 27.3. The standard InChI is InChI=1S/C14H19N3O2S/c18-12(9-10-3-1-5-15-10)17-7-6-16-14(19)13(17)11-4-2-8-20-11/h2,4,8,10,13,15H,1,3,5-7,9H2,(H,16,19). The third kappa shape index (κ3) is 2.71. The van der Waals surface area contributed by atoms with Crippen LogP contribution in [0.4, 0.5) is 0 Å². The molecule has 3 rings (SSSR count). The fourth-order valence-corrected chi connectivity index (χ4v) is 3.76. The Balaban J connectivity index is 1.74. The van der Waals surface area contributed by atoms with Crippen LogP contribution < -0.4 is 10.6 Å². The zero-order chi connectivity index (χ0) is 13.9. The molecule has 2 aliphatic rings. The van der Waals surface area contributed by atoms with Gasteiger partial charge < -0.3 is 15.5 Å². The van der Waals surface area contributed by atoms with Crippen LogP contribution in [0.5, 0.6) is 0 Å². The second kappa shape index (κ2) is 5.93. The third-order valence-corrected chi connectivity index (χ3v) is 4.85. The van der Waals surface area contributed by atoms with Gasteiger partial charge in [0.15, 0.2) is 0 Å². The van der Waals surface area contributed by atoms with Gasteiger partial charge in [0, 0.05) is 30.4 Å². The number of amides is 2. The zero-order valence-electron chi connectivity index (χ0n) is 11.3. The molecule has 20 heavy (non-hydrogen) atoms. The molecule has 2 fully saturated rings. The van der Waals surface area contributed by atoms with Gasteiger partial charge >= 0.3 is 0 Å². The average molecular weight is 293 g/mol. The lowest BCUT2D eigenvalue weighted by atomic mass is 10.1. The number of carbonyl (C=O) groups excluding carboxylic acids is 2. The zero-order valence-corrected chi connectivity index (χ0v) is 12.1. The summed E-state index contributed by atoms with van der Waals surface area (Å²) in [5, 5.41) is 8.14. The Morgan fingerprint density at radius 3 is 3.05 bits per heavy atom. The van der Waals surface area contributed by atoms with Crippen molar-refractivity contribution in [3.8, 4) is 0 Å². The summed E-state index contributed by atoms with van der Waals surface area (Å²) in [5.41, 5.74) is 0. The Bertz CT molecular complexity index is 483. The summed E-state index contributed by atoms with van der Waals surface area (Å²) in [6.07, 6.45) is 2.68. The van der Waals surface area contributed by atoms with Gasteiger partial charge in [-0.3, -0.25) is 9.59 Å². The van der Waals surface area contributed by atoms with E-state index >= 15 is 0 Å². The minimum atomic E-state index is -0.447. The number of hydrogen-bond acceptors (Lipinski definition) is 4. The normalized spacial score (nSPS) is 26.6. The SMILES string of the molecule is O=C1NCCN(C(=O)CC2CCCN2)C1c1cccs1. The monoisotopic (exact) mass is 293 g/mol. The van der Waals surface area contributed by atoms with Gasteiger partial charge in [-0.2, -0.15) is 0 Å². The lowest BCUT2D eigenvalue weighted by molar-refractivity contribution is -0.143. The van der Waals surface area contributed by atoms with Crippen LogP contribution in [0.25, 0.3) is 0 Å². The van der Waals surface area contributed by atoms with Crippen molar-refractivity contribution in [1.82, 2.24) is 15.5 Å². The molecule has 2 N–H and O–H groups in total. The fraction of sp³-hybridized carbons (Fsp3) is 0.571. The Kier molecular flexibility index (Phi) is 4.03. The van der Waals surface area contributed by atoms with Gasteiger partial charge in [0.25, 0.3) is 0 Å². The van der Waals surface area contributed by atoms with Crippen molar-refractivity contribution in [2.45, 2.75) is 31.3 Å². The smallest absolute Gasteiger partial charge is 0.248 e. The molecule has 1 aromatic rings. The molecule has 2 atom stereocenters. The highest BCUT2D eigenvalue weighted by molar-refractivity contribution is 7.10. The maximum Gasteiger partial charge on any atom is 0.248 e. The molecule has 0 radical (unpaired) electrons. The molecule has 0 bridgehead atoms. The molecule has 108 valence electrons. The molecule has 0 spiro atoms. The first-order valence-corrected chi connectivity index (χ1v) is 7.97. The Hall–Kier alpha value is -1.40. The van der Waals surface area contributed by atoms with Crippen LogP contribution in [0, 0.1) is 0 Å². The van der Waals surface area contributed by atoms with Crippen LogP contribution in [0.3, 0.4) is 0 Å². The van der Waals surface area contributed by atoms with Gasteiger partial charge in [-0.25, -0.2) is 0 Å².